The van der Waals surface area contributed by atoms with Crippen molar-refractivity contribution in [3.63, 3.8) is 0 Å². The number of ether oxygens (including phenoxy) is 1. The van der Waals surface area contributed by atoms with Gasteiger partial charge in [-0.2, -0.15) is 4.99 Å². The SMILES string of the molecule is Cc1c(F)cccc1N1C(=O)CSC1=NC(=O)Nc1ccc(-c2ncn(-c3ccc(OC(F)(F)F)cc3)n2)cc1. The predicted octanol–water partition coefficient (Wildman–Crippen LogP) is 5.95. The van der Waals surface area contributed by atoms with Gasteiger partial charge in [-0.15, -0.1) is 18.3 Å². The number of benzene rings is 3. The third kappa shape index (κ3) is 5.96. The summed E-state index contributed by atoms with van der Waals surface area (Å²) >= 11 is 1.08. The van der Waals surface area contributed by atoms with E-state index >= 15 is 0 Å². The number of amidine groups is 1. The van der Waals surface area contributed by atoms with E-state index in [0.29, 0.717) is 28.5 Å². The molecular formula is C26H18F4N6O3S. The largest absolute Gasteiger partial charge is 0.573 e. The Morgan fingerprint density at radius 2 is 1.80 bits per heavy atom. The van der Waals surface area contributed by atoms with Crippen LogP contribution >= 0.6 is 11.8 Å². The van der Waals surface area contributed by atoms with E-state index in [-0.39, 0.29) is 28.1 Å². The van der Waals surface area contributed by atoms with Crippen LogP contribution in [0.25, 0.3) is 17.1 Å². The van der Waals surface area contributed by atoms with Crippen LogP contribution in [0, 0.1) is 12.7 Å². The number of thioether (sulfide) groups is 1. The number of carbonyl (C=O) groups is 2. The first-order chi connectivity index (χ1) is 19.1. The molecule has 1 aromatic heterocycles. The summed E-state index contributed by atoms with van der Waals surface area (Å²) in [5.74, 6) is -0.724. The number of halogens is 4. The number of anilines is 2. The number of aromatic nitrogens is 3. The Hall–Kier alpha value is -4.72. The van der Waals surface area contributed by atoms with Crippen LogP contribution in [-0.4, -0.2) is 44.0 Å². The summed E-state index contributed by atoms with van der Waals surface area (Å²) in [6.07, 6.45) is -3.37. The Labute approximate surface area is 228 Å². The van der Waals surface area contributed by atoms with E-state index < -0.39 is 18.2 Å². The molecule has 14 heteroatoms. The van der Waals surface area contributed by atoms with Gasteiger partial charge in [0, 0.05) is 16.8 Å². The van der Waals surface area contributed by atoms with Crippen molar-refractivity contribution in [2.45, 2.75) is 13.3 Å². The minimum Gasteiger partial charge on any atom is -0.406 e. The number of carbonyl (C=O) groups excluding carboxylic acids is 2. The molecule has 1 aliphatic rings. The van der Waals surface area contributed by atoms with Crippen LogP contribution in [0.4, 0.5) is 33.7 Å². The number of amides is 3. The predicted molar refractivity (Wildman–Crippen MR) is 141 cm³/mol. The quantitative estimate of drug-likeness (QED) is 0.298. The Morgan fingerprint density at radius 3 is 2.50 bits per heavy atom. The molecule has 0 saturated carbocycles. The lowest BCUT2D eigenvalue weighted by Gasteiger charge is -2.18. The van der Waals surface area contributed by atoms with Gasteiger partial charge >= 0.3 is 12.4 Å². The van der Waals surface area contributed by atoms with E-state index in [1.807, 2.05) is 0 Å². The van der Waals surface area contributed by atoms with Gasteiger partial charge in [0.05, 0.1) is 17.1 Å². The summed E-state index contributed by atoms with van der Waals surface area (Å²) in [5, 5.41) is 7.10. The Morgan fingerprint density at radius 1 is 1.07 bits per heavy atom. The summed E-state index contributed by atoms with van der Waals surface area (Å²) in [4.78, 5) is 34.5. The summed E-state index contributed by atoms with van der Waals surface area (Å²) in [7, 11) is 0. The molecule has 1 aliphatic heterocycles. The van der Waals surface area contributed by atoms with Gasteiger partial charge < -0.3 is 10.1 Å². The highest BCUT2D eigenvalue weighted by atomic mass is 32.2. The van der Waals surface area contributed by atoms with Gasteiger partial charge in [-0.05, 0) is 67.6 Å². The summed E-state index contributed by atoms with van der Waals surface area (Å²) in [5.41, 5.74) is 2.10. The zero-order valence-corrected chi connectivity index (χ0v) is 21.3. The first kappa shape index (κ1) is 26.9. The average molecular weight is 571 g/mol. The Kier molecular flexibility index (Phi) is 7.26. The molecule has 0 unspecified atom stereocenters. The minimum absolute atomic E-state index is 0.0713. The van der Waals surface area contributed by atoms with Crippen LogP contribution in [0.1, 0.15) is 5.56 Å². The molecule has 0 aliphatic carbocycles. The van der Waals surface area contributed by atoms with E-state index in [1.54, 1.807) is 37.3 Å². The minimum atomic E-state index is -4.78. The van der Waals surface area contributed by atoms with E-state index in [1.165, 1.54) is 52.3 Å². The van der Waals surface area contributed by atoms with E-state index in [2.05, 4.69) is 25.1 Å². The Bertz CT molecular complexity index is 1600. The van der Waals surface area contributed by atoms with E-state index in [4.69, 9.17) is 0 Å². The van der Waals surface area contributed by atoms with Gasteiger partial charge in [0.15, 0.2) is 11.0 Å². The number of nitrogens with one attached hydrogen (secondary N) is 1. The molecular weight excluding hydrogens is 552 g/mol. The fourth-order valence-electron chi connectivity index (χ4n) is 3.78. The van der Waals surface area contributed by atoms with Gasteiger partial charge in [0.2, 0.25) is 5.91 Å². The van der Waals surface area contributed by atoms with Crippen molar-refractivity contribution in [3.05, 3.63) is 84.4 Å². The van der Waals surface area contributed by atoms with Crippen molar-refractivity contribution in [1.29, 1.82) is 0 Å². The normalized spacial score (nSPS) is 14.6. The summed E-state index contributed by atoms with van der Waals surface area (Å²) in [6.45, 7) is 1.54. The molecule has 40 heavy (non-hydrogen) atoms. The maximum atomic E-state index is 14.0. The molecule has 0 bridgehead atoms. The molecule has 3 aromatic carbocycles. The van der Waals surface area contributed by atoms with Crippen LogP contribution in [0.5, 0.6) is 5.75 Å². The first-order valence-corrected chi connectivity index (χ1v) is 12.5. The second-order valence-electron chi connectivity index (χ2n) is 8.36. The monoisotopic (exact) mass is 570 g/mol. The lowest BCUT2D eigenvalue weighted by Crippen LogP contribution is -2.31. The maximum Gasteiger partial charge on any atom is 0.573 e. The van der Waals surface area contributed by atoms with Crippen molar-refractivity contribution < 1.29 is 31.9 Å². The van der Waals surface area contributed by atoms with Crippen molar-refractivity contribution in [2.24, 2.45) is 4.99 Å². The molecule has 0 radical (unpaired) electrons. The van der Waals surface area contributed by atoms with Crippen molar-refractivity contribution in [1.82, 2.24) is 14.8 Å². The zero-order chi connectivity index (χ0) is 28.4. The molecule has 204 valence electrons. The van der Waals surface area contributed by atoms with Crippen LogP contribution in [0.3, 0.4) is 0 Å². The number of alkyl halides is 3. The molecule has 0 spiro atoms. The highest BCUT2D eigenvalue weighted by Gasteiger charge is 2.32. The van der Waals surface area contributed by atoms with Gasteiger partial charge in [0.1, 0.15) is 17.9 Å². The van der Waals surface area contributed by atoms with Gasteiger partial charge in [-0.25, -0.2) is 18.9 Å². The maximum absolute atomic E-state index is 14.0. The van der Waals surface area contributed by atoms with Crippen molar-refractivity contribution in [3.8, 4) is 22.8 Å². The Balaban J connectivity index is 1.26. The molecule has 5 rings (SSSR count). The van der Waals surface area contributed by atoms with Crippen LogP contribution in [0.2, 0.25) is 0 Å². The first-order valence-electron chi connectivity index (χ1n) is 11.6. The summed E-state index contributed by atoms with van der Waals surface area (Å²) < 4.78 is 56.4. The topological polar surface area (TPSA) is 102 Å². The smallest absolute Gasteiger partial charge is 0.406 e. The van der Waals surface area contributed by atoms with E-state index in [9.17, 15) is 27.2 Å². The number of urea groups is 1. The molecule has 1 saturated heterocycles. The van der Waals surface area contributed by atoms with E-state index in [0.717, 1.165) is 11.8 Å². The van der Waals surface area contributed by atoms with Crippen molar-refractivity contribution in [2.75, 3.05) is 16.0 Å². The van der Waals surface area contributed by atoms with Crippen LogP contribution in [0.15, 0.2) is 78.0 Å². The second-order valence-corrected chi connectivity index (χ2v) is 9.30. The highest BCUT2D eigenvalue weighted by Crippen LogP contribution is 2.31. The van der Waals surface area contributed by atoms with Gasteiger partial charge in [-0.1, -0.05) is 17.8 Å². The molecule has 9 nitrogen and oxygen atoms in total. The molecule has 1 fully saturated rings. The number of hydrogen-bond donors (Lipinski definition) is 1. The fourth-order valence-corrected chi connectivity index (χ4v) is 4.64. The lowest BCUT2D eigenvalue weighted by atomic mass is 10.1. The number of rotatable bonds is 5. The van der Waals surface area contributed by atoms with Gasteiger partial charge in [-0.3, -0.25) is 9.69 Å². The van der Waals surface area contributed by atoms with Crippen LogP contribution < -0.4 is 15.0 Å². The van der Waals surface area contributed by atoms with Crippen molar-refractivity contribution >= 4 is 40.2 Å². The molecule has 3 amide bonds. The summed E-state index contributed by atoms with van der Waals surface area (Å²) in [6, 6.07) is 15.3. The third-order valence-electron chi connectivity index (χ3n) is 5.66. The fraction of sp³-hybridized carbons (Fsp3) is 0.115. The van der Waals surface area contributed by atoms with Gasteiger partial charge in [0.25, 0.3) is 0 Å². The molecule has 4 aromatic rings. The molecule has 2 heterocycles. The lowest BCUT2D eigenvalue weighted by molar-refractivity contribution is -0.274. The number of hydrogen-bond acceptors (Lipinski definition) is 6. The standard InChI is InChI=1S/C26H18F4N6O3S/c1-15-20(27)3-2-4-21(15)36-22(37)13-40-25(36)33-24(38)32-17-7-5-16(6-8-17)23-31-14-35(34-23)18-9-11-19(12-10-18)39-26(28,29)30/h2-12,14H,13H2,1H3,(H,32,38). The average Bonchev–Trinajstić information content (AvgIpc) is 3.53. The highest BCUT2D eigenvalue weighted by molar-refractivity contribution is 8.15. The van der Waals surface area contributed by atoms with Crippen LogP contribution in [-0.2, 0) is 4.79 Å². The molecule has 1 N–H and O–H groups in total. The second kappa shape index (κ2) is 10.8. The number of aliphatic imine (C=N–C) groups is 1. The third-order valence-corrected chi connectivity index (χ3v) is 6.59. The molecule has 0 atom stereocenters. The zero-order valence-electron chi connectivity index (χ0n) is 20.5. The number of nitrogens with zero attached hydrogens (tertiary/aromatic N) is 5.